The van der Waals surface area contributed by atoms with Crippen LogP contribution in [0.15, 0.2) is 24.8 Å². The van der Waals surface area contributed by atoms with Gasteiger partial charge in [0, 0.05) is 5.92 Å². The van der Waals surface area contributed by atoms with Gasteiger partial charge in [0.05, 0.1) is 7.11 Å². The van der Waals surface area contributed by atoms with E-state index in [4.69, 9.17) is 11.2 Å². The van der Waals surface area contributed by atoms with E-state index in [0.717, 1.165) is 12.8 Å². The highest BCUT2D eigenvalue weighted by molar-refractivity contribution is 5.87. The topological polar surface area (TPSA) is 61.8 Å². The summed E-state index contributed by atoms with van der Waals surface area (Å²) in [5, 5.41) is 0. The monoisotopic (exact) mass is 266 g/mol. The van der Waals surface area contributed by atoms with Crippen molar-refractivity contribution in [2.45, 2.75) is 25.4 Å². The van der Waals surface area contributed by atoms with E-state index in [9.17, 15) is 9.59 Å². The molecule has 0 aromatic rings. The summed E-state index contributed by atoms with van der Waals surface area (Å²) in [5.74, 6) is 1.16. The summed E-state index contributed by atoms with van der Waals surface area (Å²) >= 11 is 0. The van der Waals surface area contributed by atoms with Crippen molar-refractivity contribution < 1.29 is 23.8 Å². The maximum atomic E-state index is 11.0. The van der Waals surface area contributed by atoms with Crippen LogP contribution < -0.4 is 0 Å². The minimum atomic E-state index is -0.770. The molecule has 0 aliphatic carbocycles. The summed E-state index contributed by atoms with van der Waals surface area (Å²) in [6.45, 7) is 3.65. The predicted molar refractivity (Wildman–Crippen MR) is 70.3 cm³/mol. The first-order valence-electron chi connectivity index (χ1n) is 5.79. The third-order valence-corrected chi connectivity index (χ3v) is 2.09. The molecule has 0 saturated heterocycles. The Balaban J connectivity index is 4.19. The number of unbranched alkanes of at least 4 members (excludes halogenated alkanes) is 1. The van der Waals surface area contributed by atoms with E-state index >= 15 is 0 Å². The van der Waals surface area contributed by atoms with Gasteiger partial charge in [-0.25, -0.2) is 9.59 Å². The summed E-state index contributed by atoms with van der Waals surface area (Å²) < 4.78 is 14.0. The second-order valence-electron chi connectivity index (χ2n) is 3.50. The lowest BCUT2D eigenvalue weighted by atomic mass is 10.1. The van der Waals surface area contributed by atoms with Crippen LogP contribution in [0.25, 0.3) is 0 Å². The zero-order valence-electron chi connectivity index (χ0n) is 11.0. The van der Waals surface area contributed by atoms with Crippen LogP contribution in [-0.4, -0.2) is 31.9 Å². The molecule has 0 saturated carbocycles. The van der Waals surface area contributed by atoms with Crippen molar-refractivity contribution in [3.05, 3.63) is 24.8 Å². The fourth-order valence-corrected chi connectivity index (χ4v) is 1.21. The Hall–Kier alpha value is -2.22. The zero-order valence-corrected chi connectivity index (χ0v) is 11.0. The van der Waals surface area contributed by atoms with Crippen LogP contribution in [0, 0.1) is 12.3 Å². The van der Waals surface area contributed by atoms with Gasteiger partial charge < -0.3 is 14.2 Å². The first-order chi connectivity index (χ1) is 9.13. The number of allylic oxidation sites excluding steroid dienone is 1. The van der Waals surface area contributed by atoms with Crippen molar-refractivity contribution in [3.8, 4) is 12.3 Å². The minimum Gasteiger partial charge on any atom is -0.449 e. The molecule has 0 aromatic carbocycles. The molecule has 5 nitrogen and oxygen atoms in total. The molecule has 5 heteroatoms. The summed E-state index contributed by atoms with van der Waals surface area (Å²) in [7, 11) is 1.22. The van der Waals surface area contributed by atoms with Crippen LogP contribution in [-0.2, 0) is 19.0 Å². The lowest BCUT2D eigenvalue weighted by Gasteiger charge is -2.11. The normalized spacial score (nSPS) is 11.4. The Bertz CT molecular complexity index is 365. The minimum absolute atomic E-state index is 0.0399. The third kappa shape index (κ3) is 9.48. The van der Waals surface area contributed by atoms with Crippen molar-refractivity contribution in [2.75, 3.05) is 13.7 Å². The molecule has 0 aliphatic rings. The Morgan fingerprint density at radius 3 is 2.79 bits per heavy atom. The van der Waals surface area contributed by atoms with Crippen LogP contribution in [0.2, 0.25) is 0 Å². The van der Waals surface area contributed by atoms with Crippen molar-refractivity contribution in [2.24, 2.45) is 0 Å². The molecule has 0 aromatic heterocycles. The lowest BCUT2D eigenvalue weighted by Crippen LogP contribution is -2.15. The van der Waals surface area contributed by atoms with Gasteiger partial charge in [-0.3, -0.25) is 0 Å². The average molecular weight is 266 g/mol. The highest BCUT2D eigenvalue weighted by atomic mass is 16.7. The zero-order chi connectivity index (χ0) is 14.5. The fraction of sp³-hybridized carbons (Fsp3) is 0.429. The van der Waals surface area contributed by atoms with Gasteiger partial charge in [-0.1, -0.05) is 6.08 Å². The Morgan fingerprint density at radius 1 is 1.47 bits per heavy atom. The van der Waals surface area contributed by atoms with Gasteiger partial charge in [0.25, 0.3) is 0 Å². The number of hydrogen-bond donors (Lipinski definition) is 0. The molecular formula is C14H18O5. The number of methoxy groups -OCH3 is 1. The van der Waals surface area contributed by atoms with E-state index in [1.54, 1.807) is 18.2 Å². The fourth-order valence-electron chi connectivity index (χ4n) is 1.21. The SMILES string of the molecule is C#CC(=O)O[C@H](/C=C\COC(=O)OC)CCCC=C. The summed E-state index contributed by atoms with van der Waals surface area (Å²) in [6.07, 6.45) is 11.0. The van der Waals surface area contributed by atoms with Crippen LogP contribution in [0.5, 0.6) is 0 Å². The number of ether oxygens (including phenoxy) is 3. The second kappa shape index (κ2) is 10.9. The Labute approximate surface area is 113 Å². The first kappa shape index (κ1) is 16.8. The van der Waals surface area contributed by atoms with Crippen LogP contribution in [0.3, 0.4) is 0 Å². The molecule has 0 fully saturated rings. The number of hydrogen-bond acceptors (Lipinski definition) is 5. The van der Waals surface area contributed by atoms with Gasteiger partial charge in [0.15, 0.2) is 0 Å². The van der Waals surface area contributed by atoms with E-state index in [2.05, 4.69) is 16.1 Å². The van der Waals surface area contributed by atoms with Crippen molar-refractivity contribution in [3.63, 3.8) is 0 Å². The molecule has 0 rings (SSSR count). The average Bonchev–Trinajstić information content (AvgIpc) is 2.42. The van der Waals surface area contributed by atoms with E-state index in [0.29, 0.717) is 6.42 Å². The number of terminal acetylenes is 1. The molecule has 0 amide bonds. The Morgan fingerprint density at radius 2 is 2.21 bits per heavy atom. The summed E-state index contributed by atoms with van der Waals surface area (Å²) in [5.41, 5.74) is 0. The smallest absolute Gasteiger partial charge is 0.449 e. The lowest BCUT2D eigenvalue weighted by molar-refractivity contribution is -0.140. The largest absolute Gasteiger partial charge is 0.508 e. The quantitative estimate of drug-likeness (QED) is 0.222. The molecule has 104 valence electrons. The molecule has 0 aliphatic heterocycles. The maximum Gasteiger partial charge on any atom is 0.508 e. The molecule has 0 unspecified atom stereocenters. The number of carbonyl (C=O) groups is 2. The maximum absolute atomic E-state index is 11.0. The van der Waals surface area contributed by atoms with Crippen molar-refractivity contribution >= 4 is 12.1 Å². The summed E-state index contributed by atoms with van der Waals surface area (Å²) in [6, 6.07) is 0. The number of carbonyl (C=O) groups excluding carboxylic acids is 2. The summed E-state index contributed by atoms with van der Waals surface area (Å²) in [4.78, 5) is 21.7. The molecular weight excluding hydrogens is 248 g/mol. The van der Waals surface area contributed by atoms with Crippen LogP contribution >= 0.6 is 0 Å². The van der Waals surface area contributed by atoms with Gasteiger partial charge in [-0.2, -0.15) is 0 Å². The second-order valence-corrected chi connectivity index (χ2v) is 3.50. The van der Waals surface area contributed by atoms with E-state index in [1.165, 1.54) is 7.11 Å². The van der Waals surface area contributed by atoms with Gasteiger partial charge in [-0.05, 0) is 31.4 Å². The van der Waals surface area contributed by atoms with Crippen LogP contribution in [0.1, 0.15) is 19.3 Å². The molecule has 1 atom stereocenters. The molecule has 0 bridgehead atoms. The predicted octanol–water partition coefficient (Wildman–Crippen LogP) is 2.23. The number of esters is 1. The molecule has 0 N–H and O–H groups in total. The molecule has 19 heavy (non-hydrogen) atoms. The van der Waals surface area contributed by atoms with Crippen LogP contribution in [0.4, 0.5) is 4.79 Å². The third-order valence-electron chi connectivity index (χ3n) is 2.09. The Kier molecular flexibility index (Phi) is 9.63. The van der Waals surface area contributed by atoms with E-state index < -0.39 is 18.2 Å². The first-order valence-corrected chi connectivity index (χ1v) is 5.79. The highest BCUT2D eigenvalue weighted by Crippen LogP contribution is 2.07. The van der Waals surface area contributed by atoms with Gasteiger partial charge in [0.2, 0.25) is 0 Å². The van der Waals surface area contributed by atoms with Crippen molar-refractivity contribution in [1.82, 2.24) is 0 Å². The standard InChI is InChI=1S/C14H18O5/c1-4-6-7-9-12(19-13(15)5-2)10-8-11-18-14(16)17-3/h2,4,8,10,12H,1,6-7,9,11H2,3H3/b10-8-/t12-/m0/s1. The molecule has 0 heterocycles. The van der Waals surface area contributed by atoms with E-state index in [-0.39, 0.29) is 6.61 Å². The molecule has 0 radical (unpaired) electrons. The van der Waals surface area contributed by atoms with E-state index in [1.807, 2.05) is 5.92 Å². The number of rotatable bonds is 8. The van der Waals surface area contributed by atoms with Gasteiger partial charge >= 0.3 is 12.1 Å². The molecule has 0 spiro atoms. The van der Waals surface area contributed by atoms with Gasteiger partial charge in [0.1, 0.15) is 12.7 Å². The highest BCUT2D eigenvalue weighted by Gasteiger charge is 2.09. The van der Waals surface area contributed by atoms with Crippen molar-refractivity contribution in [1.29, 1.82) is 0 Å². The van der Waals surface area contributed by atoms with Gasteiger partial charge in [-0.15, -0.1) is 13.0 Å².